The predicted molar refractivity (Wildman–Crippen MR) is 96.3 cm³/mol. The second-order valence-corrected chi connectivity index (χ2v) is 8.24. The van der Waals surface area contributed by atoms with Crippen molar-refractivity contribution < 1.29 is 14.0 Å². The standard InChI is InChI=1S/C18H27BN2O3/c1-17(2)18(3,4)24-19(23-17)13-6-7-15-16(10-13)22-12-14-11-20(5)8-9-21(14)15/h6-7,10,14H,8-9,11-12H2,1-5H3. The highest BCUT2D eigenvalue weighted by Gasteiger charge is 2.52. The molecule has 3 aliphatic rings. The molecule has 0 radical (unpaired) electrons. The van der Waals surface area contributed by atoms with Gasteiger partial charge in [-0.3, -0.25) is 0 Å². The van der Waals surface area contributed by atoms with E-state index in [0.29, 0.717) is 6.04 Å². The lowest BCUT2D eigenvalue weighted by Gasteiger charge is -2.44. The summed E-state index contributed by atoms with van der Waals surface area (Å²) in [5.74, 6) is 0.947. The predicted octanol–water partition coefficient (Wildman–Crippen LogP) is 1.50. The van der Waals surface area contributed by atoms with Crippen molar-refractivity contribution in [2.45, 2.75) is 44.9 Å². The smallest absolute Gasteiger partial charge is 0.489 e. The summed E-state index contributed by atoms with van der Waals surface area (Å²) in [5, 5.41) is 0. The quantitative estimate of drug-likeness (QED) is 0.729. The molecule has 0 amide bonds. The number of benzene rings is 1. The average molecular weight is 330 g/mol. The maximum atomic E-state index is 6.16. The highest BCUT2D eigenvalue weighted by Crippen LogP contribution is 2.38. The van der Waals surface area contributed by atoms with Gasteiger partial charge in [-0.2, -0.15) is 0 Å². The number of ether oxygens (including phenoxy) is 1. The van der Waals surface area contributed by atoms with E-state index >= 15 is 0 Å². The van der Waals surface area contributed by atoms with Crippen molar-refractivity contribution in [2.75, 3.05) is 38.2 Å². The highest BCUT2D eigenvalue weighted by atomic mass is 16.7. The molecule has 0 saturated carbocycles. The molecule has 3 aliphatic heterocycles. The number of likely N-dealkylation sites (N-methyl/N-ethyl adjacent to an activating group) is 1. The van der Waals surface area contributed by atoms with Crippen molar-refractivity contribution in [3.05, 3.63) is 18.2 Å². The van der Waals surface area contributed by atoms with E-state index in [1.165, 1.54) is 5.69 Å². The Hall–Kier alpha value is -1.24. The molecule has 130 valence electrons. The summed E-state index contributed by atoms with van der Waals surface area (Å²) in [5.41, 5.74) is 1.58. The van der Waals surface area contributed by atoms with Gasteiger partial charge in [0, 0.05) is 19.6 Å². The largest absolute Gasteiger partial charge is 0.494 e. The molecular weight excluding hydrogens is 303 g/mol. The Morgan fingerprint density at radius 3 is 2.50 bits per heavy atom. The van der Waals surface area contributed by atoms with E-state index < -0.39 is 0 Å². The third-order valence-corrected chi connectivity index (χ3v) is 5.94. The third-order valence-electron chi connectivity index (χ3n) is 5.94. The fourth-order valence-electron chi connectivity index (χ4n) is 3.67. The van der Waals surface area contributed by atoms with Crippen LogP contribution in [0.1, 0.15) is 27.7 Å². The summed E-state index contributed by atoms with van der Waals surface area (Å²) in [7, 11) is 1.84. The normalized spacial score (nSPS) is 28.3. The molecule has 2 fully saturated rings. The van der Waals surface area contributed by atoms with E-state index in [1.807, 2.05) is 0 Å². The molecule has 1 aromatic rings. The van der Waals surface area contributed by atoms with E-state index in [9.17, 15) is 0 Å². The minimum atomic E-state index is -0.339. The van der Waals surface area contributed by atoms with Crippen molar-refractivity contribution in [2.24, 2.45) is 0 Å². The van der Waals surface area contributed by atoms with Gasteiger partial charge in [-0.1, -0.05) is 6.07 Å². The van der Waals surface area contributed by atoms with Gasteiger partial charge in [-0.25, -0.2) is 0 Å². The number of fused-ring (bicyclic) bond motifs is 3. The molecule has 1 aromatic carbocycles. The molecule has 2 saturated heterocycles. The topological polar surface area (TPSA) is 34.2 Å². The summed E-state index contributed by atoms with van der Waals surface area (Å²) >= 11 is 0. The van der Waals surface area contributed by atoms with Crippen LogP contribution in [0, 0.1) is 0 Å². The summed E-state index contributed by atoms with van der Waals surface area (Å²) < 4.78 is 18.4. The average Bonchev–Trinajstić information content (AvgIpc) is 2.74. The fourth-order valence-corrected chi connectivity index (χ4v) is 3.67. The van der Waals surface area contributed by atoms with E-state index in [0.717, 1.165) is 37.5 Å². The monoisotopic (exact) mass is 330 g/mol. The second kappa shape index (κ2) is 5.38. The van der Waals surface area contributed by atoms with Gasteiger partial charge in [-0.15, -0.1) is 0 Å². The zero-order chi connectivity index (χ0) is 17.1. The first-order chi connectivity index (χ1) is 11.3. The maximum absolute atomic E-state index is 6.16. The lowest BCUT2D eigenvalue weighted by molar-refractivity contribution is 0.00578. The molecule has 1 atom stereocenters. The van der Waals surface area contributed by atoms with Gasteiger partial charge in [0.15, 0.2) is 0 Å². The van der Waals surface area contributed by atoms with Crippen LogP contribution in [0.2, 0.25) is 0 Å². The zero-order valence-corrected chi connectivity index (χ0v) is 15.3. The molecule has 24 heavy (non-hydrogen) atoms. The molecule has 5 nitrogen and oxygen atoms in total. The maximum Gasteiger partial charge on any atom is 0.494 e. The van der Waals surface area contributed by atoms with Crippen molar-refractivity contribution in [1.29, 1.82) is 0 Å². The fraction of sp³-hybridized carbons (Fsp3) is 0.667. The molecule has 0 aliphatic carbocycles. The van der Waals surface area contributed by atoms with E-state index in [1.54, 1.807) is 0 Å². The van der Waals surface area contributed by atoms with Crippen LogP contribution < -0.4 is 15.1 Å². The Labute approximate surface area is 145 Å². The van der Waals surface area contributed by atoms with Gasteiger partial charge in [0.2, 0.25) is 0 Å². The first-order valence-corrected chi connectivity index (χ1v) is 8.84. The van der Waals surface area contributed by atoms with Crippen LogP contribution in [0.15, 0.2) is 18.2 Å². The molecule has 0 bridgehead atoms. The number of piperazine rings is 1. The highest BCUT2D eigenvalue weighted by molar-refractivity contribution is 6.62. The van der Waals surface area contributed by atoms with Gasteiger partial charge >= 0.3 is 7.12 Å². The molecule has 4 rings (SSSR count). The van der Waals surface area contributed by atoms with Crippen LogP contribution in [0.3, 0.4) is 0 Å². The minimum absolute atomic E-state index is 0.322. The van der Waals surface area contributed by atoms with Crippen LogP contribution in [-0.2, 0) is 9.31 Å². The Bertz CT molecular complexity index is 633. The summed E-state index contributed by atoms with van der Waals surface area (Å²) in [4.78, 5) is 4.85. The number of hydrogen-bond donors (Lipinski definition) is 0. The van der Waals surface area contributed by atoms with Gasteiger partial charge < -0.3 is 23.8 Å². The van der Waals surface area contributed by atoms with E-state index in [2.05, 4.69) is 62.7 Å². The van der Waals surface area contributed by atoms with Crippen LogP contribution in [-0.4, -0.2) is 62.6 Å². The van der Waals surface area contributed by atoms with E-state index in [-0.39, 0.29) is 18.3 Å². The van der Waals surface area contributed by atoms with Gasteiger partial charge in [-0.05, 0) is 52.3 Å². The van der Waals surface area contributed by atoms with Crippen molar-refractivity contribution in [3.8, 4) is 5.75 Å². The first-order valence-electron chi connectivity index (χ1n) is 8.84. The van der Waals surface area contributed by atoms with Gasteiger partial charge in [0.25, 0.3) is 0 Å². The number of anilines is 1. The molecule has 3 heterocycles. The number of nitrogens with zero attached hydrogens (tertiary/aromatic N) is 2. The summed E-state index contributed by atoms with van der Waals surface area (Å²) in [6, 6.07) is 6.81. The Morgan fingerprint density at radius 1 is 1.08 bits per heavy atom. The van der Waals surface area contributed by atoms with Crippen molar-refractivity contribution in [1.82, 2.24) is 4.90 Å². The van der Waals surface area contributed by atoms with Crippen molar-refractivity contribution >= 4 is 18.3 Å². The van der Waals surface area contributed by atoms with Gasteiger partial charge in [0.1, 0.15) is 12.4 Å². The second-order valence-electron chi connectivity index (χ2n) is 8.24. The van der Waals surface area contributed by atoms with E-state index in [4.69, 9.17) is 14.0 Å². The van der Waals surface area contributed by atoms with Gasteiger partial charge in [0.05, 0.1) is 22.9 Å². The van der Waals surface area contributed by atoms with Crippen LogP contribution in [0.5, 0.6) is 5.75 Å². The molecule has 1 unspecified atom stereocenters. The Balaban J connectivity index is 1.59. The third kappa shape index (κ3) is 2.52. The Morgan fingerprint density at radius 2 is 1.79 bits per heavy atom. The minimum Gasteiger partial charge on any atom is -0.489 e. The summed E-state index contributed by atoms with van der Waals surface area (Å²) in [6.07, 6.45) is 0. The summed E-state index contributed by atoms with van der Waals surface area (Å²) in [6.45, 7) is 12.3. The molecule has 0 aromatic heterocycles. The molecular formula is C18H27BN2O3. The van der Waals surface area contributed by atoms with Crippen LogP contribution in [0.4, 0.5) is 5.69 Å². The zero-order valence-electron chi connectivity index (χ0n) is 15.3. The SMILES string of the molecule is CN1CCN2c3ccc(B4OC(C)(C)C(C)(C)O4)cc3OCC2C1. The molecule has 0 N–H and O–H groups in total. The Kier molecular flexibility index (Phi) is 3.64. The molecule has 6 heteroatoms. The first kappa shape index (κ1) is 16.2. The van der Waals surface area contributed by atoms with Crippen LogP contribution >= 0.6 is 0 Å². The molecule has 0 spiro atoms. The lowest BCUT2D eigenvalue weighted by Crippen LogP contribution is -2.56. The van der Waals surface area contributed by atoms with Crippen molar-refractivity contribution in [3.63, 3.8) is 0 Å². The van der Waals surface area contributed by atoms with Crippen LogP contribution in [0.25, 0.3) is 0 Å². The lowest BCUT2D eigenvalue weighted by atomic mass is 9.78. The number of hydrogen-bond acceptors (Lipinski definition) is 5. The number of rotatable bonds is 1.